The van der Waals surface area contributed by atoms with Gasteiger partial charge in [-0.1, -0.05) is 44.8 Å². The van der Waals surface area contributed by atoms with Gasteiger partial charge in [-0.3, -0.25) is 0 Å². The number of hydrogen-bond acceptors (Lipinski definition) is 2. The van der Waals surface area contributed by atoms with Crippen molar-refractivity contribution in [1.29, 1.82) is 0 Å². The maximum absolute atomic E-state index is 5.88. The Kier molecular flexibility index (Phi) is 5.64. The van der Waals surface area contributed by atoms with Crippen LogP contribution in [0.15, 0.2) is 45.3 Å². The molecule has 0 saturated heterocycles. The van der Waals surface area contributed by atoms with E-state index in [0.29, 0.717) is 0 Å². The van der Waals surface area contributed by atoms with Crippen molar-refractivity contribution in [3.63, 3.8) is 0 Å². The van der Waals surface area contributed by atoms with E-state index in [1.54, 1.807) is 0 Å². The van der Waals surface area contributed by atoms with Gasteiger partial charge in [0.1, 0.15) is 11.5 Å². The smallest absolute Gasteiger partial charge is 0.128 e. The normalized spacial score (nSPS) is 10.6. The molecular formula is C16H17Br2NO. The number of hydrogen-bond donors (Lipinski definition) is 1. The van der Waals surface area contributed by atoms with Gasteiger partial charge in [-0.05, 0) is 54.9 Å². The topological polar surface area (TPSA) is 21.3 Å². The zero-order valence-corrected chi connectivity index (χ0v) is 14.7. The van der Waals surface area contributed by atoms with Crippen LogP contribution < -0.4 is 10.1 Å². The third kappa shape index (κ3) is 4.08. The fraction of sp³-hybridized carbons (Fsp3) is 0.250. The number of ether oxygens (including phenoxy) is 1. The highest BCUT2D eigenvalue weighted by Gasteiger charge is 2.04. The Morgan fingerprint density at radius 2 is 1.70 bits per heavy atom. The van der Waals surface area contributed by atoms with Gasteiger partial charge < -0.3 is 10.1 Å². The number of aryl methyl sites for hydroxylation is 1. The van der Waals surface area contributed by atoms with Crippen LogP contribution in [0.25, 0.3) is 0 Å². The predicted molar refractivity (Wildman–Crippen MR) is 90.5 cm³/mol. The Labute approximate surface area is 136 Å². The van der Waals surface area contributed by atoms with Gasteiger partial charge in [-0.25, -0.2) is 0 Å². The highest BCUT2D eigenvalue weighted by molar-refractivity contribution is 9.10. The Morgan fingerprint density at radius 3 is 2.35 bits per heavy atom. The first-order valence-corrected chi connectivity index (χ1v) is 8.12. The SMILES string of the molecule is CCNCc1ccc(Oc2ccc(Br)c(C)c2)cc1Br. The van der Waals surface area contributed by atoms with E-state index in [4.69, 9.17) is 4.74 Å². The molecule has 0 radical (unpaired) electrons. The number of rotatable bonds is 5. The summed E-state index contributed by atoms with van der Waals surface area (Å²) in [6, 6.07) is 12.0. The fourth-order valence-electron chi connectivity index (χ4n) is 1.81. The van der Waals surface area contributed by atoms with E-state index in [0.717, 1.165) is 39.1 Å². The average molecular weight is 399 g/mol. The van der Waals surface area contributed by atoms with Crippen LogP contribution in [0.5, 0.6) is 11.5 Å². The van der Waals surface area contributed by atoms with E-state index in [1.807, 2.05) is 37.3 Å². The third-order valence-electron chi connectivity index (χ3n) is 2.96. The molecule has 0 aliphatic heterocycles. The van der Waals surface area contributed by atoms with Crippen LogP contribution >= 0.6 is 31.9 Å². The van der Waals surface area contributed by atoms with Crippen molar-refractivity contribution in [3.8, 4) is 11.5 Å². The molecule has 2 aromatic rings. The largest absolute Gasteiger partial charge is 0.457 e. The van der Waals surface area contributed by atoms with Crippen LogP contribution in [0.2, 0.25) is 0 Å². The molecule has 0 bridgehead atoms. The van der Waals surface area contributed by atoms with Crippen LogP contribution in [0.3, 0.4) is 0 Å². The van der Waals surface area contributed by atoms with E-state index in [2.05, 4.69) is 50.2 Å². The zero-order valence-electron chi connectivity index (χ0n) is 11.5. The molecule has 0 aliphatic rings. The first kappa shape index (κ1) is 15.5. The van der Waals surface area contributed by atoms with Gasteiger partial charge in [0.2, 0.25) is 0 Å². The lowest BCUT2D eigenvalue weighted by Gasteiger charge is -2.10. The first-order chi connectivity index (χ1) is 9.60. The summed E-state index contributed by atoms with van der Waals surface area (Å²) >= 11 is 7.08. The Balaban J connectivity index is 2.13. The molecule has 20 heavy (non-hydrogen) atoms. The van der Waals surface area contributed by atoms with Crippen molar-refractivity contribution < 1.29 is 4.74 Å². The molecule has 0 heterocycles. The molecule has 0 aromatic heterocycles. The molecule has 0 unspecified atom stereocenters. The molecule has 2 nitrogen and oxygen atoms in total. The summed E-state index contributed by atoms with van der Waals surface area (Å²) in [4.78, 5) is 0. The summed E-state index contributed by atoms with van der Waals surface area (Å²) in [5.74, 6) is 1.68. The van der Waals surface area contributed by atoms with E-state index < -0.39 is 0 Å². The zero-order chi connectivity index (χ0) is 14.5. The summed E-state index contributed by atoms with van der Waals surface area (Å²) in [5.41, 5.74) is 2.39. The van der Waals surface area contributed by atoms with Crippen LogP contribution in [0, 0.1) is 6.92 Å². The Hall–Kier alpha value is -0.840. The Morgan fingerprint density at radius 1 is 1.00 bits per heavy atom. The molecule has 0 atom stereocenters. The van der Waals surface area contributed by atoms with Gasteiger partial charge in [0, 0.05) is 15.5 Å². The van der Waals surface area contributed by atoms with Gasteiger partial charge in [0.05, 0.1) is 0 Å². The monoisotopic (exact) mass is 397 g/mol. The van der Waals surface area contributed by atoms with Crippen LogP contribution in [0.1, 0.15) is 18.1 Å². The van der Waals surface area contributed by atoms with Gasteiger partial charge in [0.15, 0.2) is 0 Å². The van der Waals surface area contributed by atoms with E-state index in [1.165, 1.54) is 5.56 Å². The fourth-order valence-corrected chi connectivity index (χ4v) is 2.56. The first-order valence-electron chi connectivity index (χ1n) is 6.53. The summed E-state index contributed by atoms with van der Waals surface area (Å²) in [6.45, 7) is 5.96. The van der Waals surface area contributed by atoms with Crippen molar-refractivity contribution in [2.75, 3.05) is 6.54 Å². The van der Waals surface area contributed by atoms with Crippen molar-refractivity contribution in [1.82, 2.24) is 5.32 Å². The van der Waals surface area contributed by atoms with Crippen LogP contribution in [0.4, 0.5) is 0 Å². The molecule has 0 spiro atoms. The molecule has 2 aromatic carbocycles. The Bertz CT molecular complexity index is 599. The standard InChI is InChI=1S/C16H17Br2NO/c1-3-19-10-12-4-5-14(9-16(12)18)20-13-6-7-15(17)11(2)8-13/h4-9,19H,3,10H2,1-2H3. The maximum Gasteiger partial charge on any atom is 0.128 e. The van der Waals surface area contributed by atoms with Gasteiger partial charge >= 0.3 is 0 Å². The van der Waals surface area contributed by atoms with Crippen LogP contribution in [-0.2, 0) is 6.54 Å². The van der Waals surface area contributed by atoms with Gasteiger partial charge in [-0.2, -0.15) is 0 Å². The summed E-state index contributed by atoms with van der Waals surface area (Å²) < 4.78 is 8.03. The predicted octanol–water partition coefficient (Wildman–Crippen LogP) is 5.42. The van der Waals surface area contributed by atoms with Gasteiger partial charge in [-0.15, -0.1) is 0 Å². The third-order valence-corrected chi connectivity index (χ3v) is 4.58. The molecule has 0 aliphatic carbocycles. The molecule has 1 N–H and O–H groups in total. The average Bonchev–Trinajstić information content (AvgIpc) is 2.42. The molecule has 0 fully saturated rings. The van der Waals surface area contributed by atoms with E-state index >= 15 is 0 Å². The lowest BCUT2D eigenvalue weighted by molar-refractivity contribution is 0.481. The van der Waals surface area contributed by atoms with Crippen molar-refractivity contribution in [3.05, 3.63) is 56.5 Å². The summed E-state index contributed by atoms with van der Waals surface area (Å²) in [7, 11) is 0. The van der Waals surface area contributed by atoms with E-state index in [-0.39, 0.29) is 0 Å². The minimum Gasteiger partial charge on any atom is -0.457 e. The van der Waals surface area contributed by atoms with Gasteiger partial charge in [0.25, 0.3) is 0 Å². The summed E-state index contributed by atoms with van der Waals surface area (Å²) in [6.07, 6.45) is 0. The minimum absolute atomic E-state index is 0.832. The second-order valence-electron chi connectivity index (χ2n) is 4.55. The van der Waals surface area contributed by atoms with Crippen LogP contribution in [-0.4, -0.2) is 6.54 Å². The lowest BCUT2D eigenvalue weighted by Crippen LogP contribution is -2.11. The molecule has 0 saturated carbocycles. The number of halogens is 2. The minimum atomic E-state index is 0.832. The highest BCUT2D eigenvalue weighted by atomic mass is 79.9. The number of nitrogens with one attached hydrogen (secondary N) is 1. The molecule has 4 heteroatoms. The highest BCUT2D eigenvalue weighted by Crippen LogP contribution is 2.29. The maximum atomic E-state index is 5.88. The number of benzene rings is 2. The molecule has 106 valence electrons. The molecule has 0 amide bonds. The lowest BCUT2D eigenvalue weighted by atomic mass is 10.2. The molecular weight excluding hydrogens is 382 g/mol. The second-order valence-corrected chi connectivity index (χ2v) is 6.26. The summed E-state index contributed by atoms with van der Waals surface area (Å²) in [5, 5.41) is 3.31. The van der Waals surface area contributed by atoms with Crippen molar-refractivity contribution in [2.45, 2.75) is 20.4 Å². The quantitative estimate of drug-likeness (QED) is 0.725. The van der Waals surface area contributed by atoms with Crippen molar-refractivity contribution >= 4 is 31.9 Å². The molecule has 2 rings (SSSR count). The second kappa shape index (κ2) is 7.25. The van der Waals surface area contributed by atoms with E-state index in [9.17, 15) is 0 Å². The van der Waals surface area contributed by atoms with Crippen molar-refractivity contribution in [2.24, 2.45) is 0 Å².